The predicted octanol–water partition coefficient (Wildman–Crippen LogP) is 2.17. The molecule has 0 spiro atoms. The third-order valence-corrected chi connectivity index (χ3v) is 6.85. The van der Waals surface area contributed by atoms with Crippen LogP contribution in [-0.4, -0.2) is 64.9 Å². The highest BCUT2D eigenvalue weighted by atomic mass is 32.2. The first-order chi connectivity index (χ1) is 13.6. The first kappa shape index (κ1) is 23.4. The molecule has 0 aliphatic carbocycles. The zero-order valence-corrected chi connectivity index (χ0v) is 17.6. The second kappa shape index (κ2) is 10.3. The van der Waals surface area contributed by atoms with Gasteiger partial charge < -0.3 is 4.74 Å². The van der Waals surface area contributed by atoms with Gasteiger partial charge in [0.15, 0.2) is 9.84 Å². The average Bonchev–Trinajstić information content (AvgIpc) is 2.68. The van der Waals surface area contributed by atoms with E-state index in [1.54, 1.807) is 12.1 Å². The number of ether oxygens (including phenoxy) is 1. The number of hydrogen-bond donors (Lipinski definition) is 1. The molecule has 0 bridgehead atoms. The Hall–Kier alpha value is -1.85. The van der Waals surface area contributed by atoms with Crippen molar-refractivity contribution >= 4 is 20.0 Å². The van der Waals surface area contributed by atoms with Crippen LogP contribution >= 0.6 is 0 Å². The maximum atomic E-state index is 12.7. The lowest BCUT2D eigenvalue weighted by atomic mass is 10.2. The van der Waals surface area contributed by atoms with Crippen molar-refractivity contribution in [3.63, 3.8) is 0 Å². The lowest BCUT2D eigenvalue weighted by Gasteiger charge is -2.26. The molecular weight excluding hydrogens is 421 g/mol. The number of nitrogens with zero attached hydrogens (tertiary/aromatic N) is 1. The second-order valence-electron chi connectivity index (χ2n) is 6.51. The molecule has 0 saturated carbocycles. The molecule has 160 valence electrons. The monoisotopic (exact) mass is 445 g/mol. The van der Waals surface area contributed by atoms with Crippen LogP contribution in [0.25, 0.3) is 0 Å². The number of morpholine rings is 1. The summed E-state index contributed by atoms with van der Waals surface area (Å²) in [7, 11) is -7.35. The van der Waals surface area contributed by atoms with Crippen LogP contribution in [0.2, 0.25) is 0 Å². The van der Waals surface area contributed by atoms with E-state index in [1.165, 1.54) is 36.4 Å². The summed E-state index contributed by atoms with van der Waals surface area (Å²) in [5, 5.41) is 0. The van der Waals surface area contributed by atoms with Crippen LogP contribution in [0.1, 0.15) is 5.56 Å². The molecular formula is C19H24FNO6S2. The second-order valence-corrected chi connectivity index (χ2v) is 10.0. The van der Waals surface area contributed by atoms with E-state index in [0.717, 1.165) is 18.7 Å². The quantitative estimate of drug-likeness (QED) is 0.556. The number of rotatable bonds is 5. The summed E-state index contributed by atoms with van der Waals surface area (Å²) in [5.74, 6) is -0.374. The molecule has 29 heavy (non-hydrogen) atoms. The minimum atomic E-state index is -4.02. The van der Waals surface area contributed by atoms with E-state index >= 15 is 0 Å². The highest BCUT2D eigenvalue weighted by Gasteiger charge is 2.18. The lowest BCUT2D eigenvalue weighted by molar-refractivity contribution is 0.0408. The van der Waals surface area contributed by atoms with Crippen molar-refractivity contribution in [3.05, 3.63) is 59.9 Å². The summed E-state index contributed by atoms with van der Waals surface area (Å²) in [6, 6.07) is 10.9. The Morgan fingerprint density at radius 3 is 1.97 bits per heavy atom. The Bertz CT molecular complexity index is 984. The van der Waals surface area contributed by atoms with E-state index in [2.05, 4.69) is 4.90 Å². The minimum absolute atomic E-state index is 0.0542. The molecule has 1 heterocycles. The van der Waals surface area contributed by atoms with Crippen molar-refractivity contribution in [2.24, 2.45) is 0 Å². The maximum Gasteiger partial charge on any atom is 0.294 e. The number of hydrogen-bond acceptors (Lipinski definition) is 6. The highest BCUT2D eigenvalue weighted by molar-refractivity contribution is 7.91. The van der Waals surface area contributed by atoms with E-state index in [1.807, 2.05) is 6.92 Å². The van der Waals surface area contributed by atoms with Gasteiger partial charge in [-0.2, -0.15) is 8.42 Å². The highest BCUT2D eigenvalue weighted by Crippen LogP contribution is 2.12. The molecule has 0 amide bonds. The van der Waals surface area contributed by atoms with Gasteiger partial charge in [0.2, 0.25) is 0 Å². The smallest absolute Gasteiger partial charge is 0.294 e. The SMILES string of the molecule is Cc1ccc(S(=O)(=O)O)cc1.O=S(=O)(CCN1CCOCC1)c1ccc(F)cc1. The summed E-state index contributed by atoms with van der Waals surface area (Å²) >= 11 is 0. The molecule has 1 fully saturated rings. The molecule has 1 saturated heterocycles. The summed E-state index contributed by atoms with van der Waals surface area (Å²) in [6.45, 7) is 5.15. The number of benzene rings is 2. The van der Waals surface area contributed by atoms with Crippen LogP contribution in [0, 0.1) is 12.7 Å². The van der Waals surface area contributed by atoms with Crippen LogP contribution in [0.5, 0.6) is 0 Å². The Morgan fingerprint density at radius 2 is 1.45 bits per heavy atom. The van der Waals surface area contributed by atoms with Gasteiger partial charge in [-0.05, 0) is 43.3 Å². The normalized spacial score (nSPS) is 15.4. The summed E-state index contributed by atoms with van der Waals surface area (Å²) in [4.78, 5) is 2.17. The van der Waals surface area contributed by atoms with E-state index in [0.29, 0.717) is 19.8 Å². The average molecular weight is 446 g/mol. The van der Waals surface area contributed by atoms with Crippen molar-refractivity contribution < 1.29 is 30.5 Å². The Kier molecular flexibility index (Phi) is 8.29. The molecule has 0 radical (unpaired) electrons. The molecule has 1 N–H and O–H groups in total. The topological polar surface area (TPSA) is 101 Å². The Labute approximate surface area is 170 Å². The van der Waals surface area contributed by atoms with E-state index in [-0.39, 0.29) is 15.5 Å². The van der Waals surface area contributed by atoms with E-state index in [9.17, 15) is 21.2 Å². The zero-order valence-electron chi connectivity index (χ0n) is 16.0. The molecule has 0 aromatic heterocycles. The lowest BCUT2D eigenvalue weighted by Crippen LogP contribution is -2.39. The molecule has 3 rings (SSSR count). The zero-order chi connectivity index (χ0) is 21.5. The van der Waals surface area contributed by atoms with Gasteiger partial charge in [-0.15, -0.1) is 0 Å². The standard InChI is InChI=1S/C12H16FNO3S.C7H8O3S/c13-11-1-3-12(4-2-11)18(15,16)10-7-14-5-8-17-9-6-14;1-6-2-4-7(5-3-6)11(8,9)10/h1-4H,5-10H2;2-5H,1H3,(H,8,9,10). The third-order valence-electron chi connectivity index (χ3n) is 4.27. The van der Waals surface area contributed by atoms with Crippen LogP contribution in [0.4, 0.5) is 4.39 Å². The molecule has 10 heteroatoms. The van der Waals surface area contributed by atoms with Crippen LogP contribution in [0.3, 0.4) is 0 Å². The van der Waals surface area contributed by atoms with Gasteiger partial charge in [-0.25, -0.2) is 12.8 Å². The van der Waals surface area contributed by atoms with Crippen molar-refractivity contribution in [1.82, 2.24) is 4.90 Å². The van der Waals surface area contributed by atoms with Crippen LogP contribution < -0.4 is 0 Å². The van der Waals surface area contributed by atoms with Gasteiger partial charge in [-0.3, -0.25) is 9.45 Å². The van der Waals surface area contributed by atoms with Gasteiger partial charge >= 0.3 is 0 Å². The molecule has 2 aromatic rings. The van der Waals surface area contributed by atoms with Gasteiger partial charge in [-0.1, -0.05) is 17.7 Å². The fourth-order valence-corrected chi connectivity index (χ4v) is 4.31. The van der Waals surface area contributed by atoms with Gasteiger partial charge in [0.1, 0.15) is 5.82 Å². The number of halogens is 1. The summed E-state index contributed by atoms with van der Waals surface area (Å²) in [6.07, 6.45) is 0. The Balaban J connectivity index is 0.000000234. The fourth-order valence-electron chi connectivity index (χ4n) is 2.54. The third kappa shape index (κ3) is 7.82. The molecule has 1 aliphatic heterocycles. The summed E-state index contributed by atoms with van der Waals surface area (Å²) in [5.41, 5.74) is 0.956. The molecule has 1 aliphatic rings. The van der Waals surface area contributed by atoms with Crippen LogP contribution in [-0.2, 0) is 24.7 Å². The summed E-state index contributed by atoms with van der Waals surface area (Å²) < 4.78 is 71.5. The van der Waals surface area contributed by atoms with Gasteiger partial charge in [0, 0.05) is 19.6 Å². The van der Waals surface area contributed by atoms with E-state index in [4.69, 9.17) is 9.29 Å². The van der Waals surface area contributed by atoms with Crippen molar-refractivity contribution in [2.45, 2.75) is 16.7 Å². The minimum Gasteiger partial charge on any atom is -0.379 e. The number of sulfone groups is 1. The first-order valence-corrected chi connectivity index (χ1v) is 12.0. The van der Waals surface area contributed by atoms with Gasteiger partial charge in [0.25, 0.3) is 10.1 Å². The van der Waals surface area contributed by atoms with Crippen molar-refractivity contribution in [1.29, 1.82) is 0 Å². The van der Waals surface area contributed by atoms with E-state index < -0.39 is 25.8 Å². The largest absolute Gasteiger partial charge is 0.379 e. The molecule has 7 nitrogen and oxygen atoms in total. The molecule has 2 aromatic carbocycles. The maximum absolute atomic E-state index is 12.7. The van der Waals surface area contributed by atoms with Crippen molar-refractivity contribution in [3.8, 4) is 0 Å². The first-order valence-electron chi connectivity index (χ1n) is 8.90. The predicted molar refractivity (Wildman–Crippen MR) is 107 cm³/mol. The number of aryl methyl sites for hydroxylation is 1. The fraction of sp³-hybridized carbons (Fsp3) is 0.368. The van der Waals surface area contributed by atoms with Crippen molar-refractivity contribution in [2.75, 3.05) is 38.6 Å². The van der Waals surface area contributed by atoms with Gasteiger partial charge in [0.05, 0.1) is 28.8 Å². The Morgan fingerprint density at radius 1 is 0.931 bits per heavy atom. The molecule has 0 unspecified atom stereocenters. The molecule has 0 atom stereocenters. The van der Waals surface area contributed by atoms with Crippen LogP contribution in [0.15, 0.2) is 58.3 Å².